The summed E-state index contributed by atoms with van der Waals surface area (Å²) in [6, 6.07) is 21.0. The van der Waals surface area contributed by atoms with Crippen LogP contribution in [0, 0.1) is 5.41 Å². The average Bonchev–Trinajstić information content (AvgIpc) is 3.28. The first-order chi connectivity index (χ1) is 16.1. The van der Waals surface area contributed by atoms with Crippen LogP contribution in [0.2, 0.25) is 0 Å². The van der Waals surface area contributed by atoms with Crippen molar-refractivity contribution in [1.29, 1.82) is 0 Å². The second-order valence-corrected chi connectivity index (χ2v) is 8.14. The van der Waals surface area contributed by atoms with Crippen molar-refractivity contribution in [2.45, 2.75) is 12.8 Å². The van der Waals surface area contributed by atoms with E-state index >= 15 is 0 Å². The molecule has 33 heavy (non-hydrogen) atoms. The zero-order valence-electron chi connectivity index (χ0n) is 18.8. The van der Waals surface area contributed by atoms with Gasteiger partial charge < -0.3 is 14.2 Å². The lowest BCUT2D eigenvalue weighted by molar-refractivity contribution is -0.149. The smallest absolute Gasteiger partial charge is 0.325 e. The Morgan fingerprint density at radius 3 is 2.39 bits per heavy atom. The minimum atomic E-state index is -1.53. The van der Waals surface area contributed by atoms with Crippen molar-refractivity contribution >= 4 is 23.4 Å². The molecule has 0 amide bonds. The number of ether oxygens (including phenoxy) is 3. The topological polar surface area (TPSA) is 61.8 Å². The summed E-state index contributed by atoms with van der Waals surface area (Å²) >= 11 is 0. The molecule has 166 valence electrons. The molecule has 0 saturated heterocycles. The average molecular weight is 440 g/mol. The maximum absolute atomic E-state index is 14.3. The van der Waals surface area contributed by atoms with E-state index in [0.29, 0.717) is 28.2 Å². The van der Waals surface area contributed by atoms with Crippen LogP contribution in [0.5, 0.6) is 11.5 Å². The minimum Gasteiger partial charge on any atom is -0.497 e. The Morgan fingerprint density at radius 2 is 1.70 bits per heavy atom. The third-order valence-corrected chi connectivity index (χ3v) is 6.59. The number of ketones is 1. The molecule has 0 N–H and O–H groups in total. The third kappa shape index (κ3) is 2.85. The Morgan fingerprint density at radius 1 is 0.970 bits per heavy atom. The molecular weight excluding hydrogens is 416 g/mol. The number of hydrogen-bond acceptors (Lipinski definition) is 5. The Bertz CT molecular complexity index is 1290. The summed E-state index contributed by atoms with van der Waals surface area (Å²) < 4.78 is 16.7. The van der Waals surface area contributed by atoms with Gasteiger partial charge in [0.2, 0.25) is 0 Å². The minimum absolute atomic E-state index is 0.173. The fourth-order valence-electron chi connectivity index (χ4n) is 5.28. The predicted molar refractivity (Wildman–Crippen MR) is 126 cm³/mol. The molecule has 0 fully saturated rings. The van der Waals surface area contributed by atoms with E-state index in [-0.39, 0.29) is 12.4 Å². The standard InChI is InChI=1S/C28H24O5/c1-4-33-27(30)28-22(14-17-10-6-5-7-11-17)19-12-8-9-13-20(19)25(28)24-21(26(28)29)15-18(31-2)16-23(24)32-3/h5-16,25H,4H2,1-3H3/b22-14+/t25-,28+/m1/s1. The van der Waals surface area contributed by atoms with Crippen molar-refractivity contribution in [3.63, 3.8) is 0 Å². The molecule has 0 unspecified atom stereocenters. The highest BCUT2D eigenvalue weighted by molar-refractivity contribution is 6.29. The molecule has 0 bridgehead atoms. The van der Waals surface area contributed by atoms with E-state index in [0.717, 1.165) is 16.7 Å². The first kappa shape index (κ1) is 21.0. The van der Waals surface area contributed by atoms with E-state index in [2.05, 4.69) is 0 Å². The second-order valence-electron chi connectivity index (χ2n) is 8.14. The van der Waals surface area contributed by atoms with Gasteiger partial charge in [-0.25, -0.2) is 0 Å². The van der Waals surface area contributed by atoms with Crippen molar-refractivity contribution in [3.8, 4) is 11.5 Å². The fraction of sp³-hybridized carbons (Fsp3) is 0.214. The van der Waals surface area contributed by atoms with E-state index in [1.165, 1.54) is 0 Å². The molecule has 5 nitrogen and oxygen atoms in total. The van der Waals surface area contributed by atoms with Crippen molar-refractivity contribution in [2.24, 2.45) is 5.41 Å². The van der Waals surface area contributed by atoms with E-state index in [9.17, 15) is 9.59 Å². The molecule has 2 atom stereocenters. The van der Waals surface area contributed by atoms with Crippen molar-refractivity contribution in [1.82, 2.24) is 0 Å². The van der Waals surface area contributed by atoms with Crippen molar-refractivity contribution < 1.29 is 23.8 Å². The Balaban J connectivity index is 1.89. The normalized spacial score (nSPS) is 21.4. The molecule has 3 aromatic rings. The van der Waals surface area contributed by atoms with Crippen LogP contribution in [0.3, 0.4) is 0 Å². The zero-order valence-corrected chi connectivity index (χ0v) is 18.8. The Hall–Kier alpha value is -3.86. The van der Waals surface area contributed by atoms with E-state index < -0.39 is 17.3 Å². The van der Waals surface area contributed by atoms with Crippen LogP contribution in [0.4, 0.5) is 0 Å². The maximum atomic E-state index is 14.3. The molecule has 0 spiro atoms. The number of methoxy groups -OCH3 is 2. The van der Waals surface area contributed by atoms with Gasteiger partial charge in [0.05, 0.1) is 20.8 Å². The largest absolute Gasteiger partial charge is 0.497 e. The molecule has 0 radical (unpaired) electrons. The predicted octanol–water partition coefficient (Wildman–Crippen LogP) is 5.14. The summed E-state index contributed by atoms with van der Waals surface area (Å²) in [5, 5.41) is 0. The number of Topliss-reactive ketones (excluding diaryl/α,β-unsaturated/α-hetero) is 1. The molecule has 2 aliphatic carbocycles. The lowest BCUT2D eigenvalue weighted by Gasteiger charge is -2.28. The van der Waals surface area contributed by atoms with Crippen LogP contribution in [0.1, 0.15) is 45.5 Å². The molecule has 0 aromatic heterocycles. The molecule has 3 aromatic carbocycles. The number of hydrogen-bond donors (Lipinski definition) is 0. The molecule has 5 rings (SSSR count). The first-order valence-electron chi connectivity index (χ1n) is 10.9. The van der Waals surface area contributed by atoms with Gasteiger partial charge in [-0.1, -0.05) is 54.6 Å². The van der Waals surface area contributed by atoms with Gasteiger partial charge in [0, 0.05) is 23.1 Å². The van der Waals surface area contributed by atoms with Gasteiger partial charge in [-0.15, -0.1) is 0 Å². The molecular formula is C28H24O5. The highest BCUT2D eigenvalue weighted by atomic mass is 16.5. The Kier molecular flexibility index (Phi) is 5.05. The van der Waals surface area contributed by atoms with E-state index in [1.54, 1.807) is 33.3 Å². The number of esters is 1. The summed E-state index contributed by atoms with van der Waals surface area (Å²) in [7, 11) is 3.10. The van der Waals surface area contributed by atoms with Gasteiger partial charge in [0.15, 0.2) is 11.2 Å². The van der Waals surface area contributed by atoms with Crippen LogP contribution in [0.25, 0.3) is 11.6 Å². The molecule has 2 aliphatic rings. The van der Waals surface area contributed by atoms with Crippen LogP contribution in [0.15, 0.2) is 66.7 Å². The number of rotatable bonds is 5. The van der Waals surface area contributed by atoms with Gasteiger partial charge in [0.25, 0.3) is 0 Å². The van der Waals surface area contributed by atoms with Gasteiger partial charge in [-0.05, 0) is 41.3 Å². The summed E-state index contributed by atoms with van der Waals surface area (Å²) in [6.07, 6.45) is 1.93. The highest BCUT2D eigenvalue weighted by Crippen LogP contribution is 2.66. The van der Waals surface area contributed by atoms with Crippen molar-refractivity contribution in [2.75, 3.05) is 20.8 Å². The molecule has 0 aliphatic heterocycles. The van der Waals surface area contributed by atoms with Crippen LogP contribution in [-0.2, 0) is 9.53 Å². The molecule has 0 saturated carbocycles. The fourth-order valence-corrected chi connectivity index (χ4v) is 5.28. The third-order valence-electron chi connectivity index (χ3n) is 6.59. The monoisotopic (exact) mass is 440 g/mol. The highest BCUT2D eigenvalue weighted by Gasteiger charge is 2.67. The lowest BCUT2D eigenvalue weighted by Crippen LogP contribution is -2.39. The number of benzene rings is 3. The summed E-state index contributed by atoms with van der Waals surface area (Å²) in [6.45, 7) is 1.93. The van der Waals surface area contributed by atoms with E-state index in [1.807, 2.05) is 60.7 Å². The zero-order chi connectivity index (χ0) is 23.2. The van der Waals surface area contributed by atoms with Crippen LogP contribution >= 0.6 is 0 Å². The number of fused-ring (bicyclic) bond motifs is 5. The van der Waals surface area contributed by atoms with Gasteiger partial charge >= 0.3 is 5.97 Å². The van der Waals surface area contributed by atoms with Crippen LogP contribution < -0.4 is 9.47 Å². The molecule has 5 heteroatoms. The number of carbonyl (C=O) groups is 2. The second kappa shape index (κ2) is 7.93. The van der Waals surface area contributed by atoms with Crippen molar-refractivity contribution in [3.05, 3.63) is 94.5 Å². The van der Waals surface area contributed by atoms with Crippen LogP contribution in [-0.4, -0.2) is 32.6 Å². The van der Waals surface area contributed by atoms with Gasteiger partial charge in [0.1, 0.15) is 11.5 Å². The first-order valence-corrected chi connectivity index (χ1v) is 10.9. The lowest BCUT2D eigenvalue weighted by atomic mass is 9.72. The number of carbonyl (C=O) groups excluding carboxylic acids is 2. The van der Waals surface area contributed by atoms with E-state index in [4.69, 9.17) is 14.2 Å². The SMILES string of the molecule is CCOC(=O)[C@]12C(=O)c3cc(OC)cc(OC)c3[C@H]1c1ccccc1/C2=C\c1ccccc1. The van der Waals surface area contributed by atoms with Gasteiger partial charge in [-0.3, -0.25) is 9.59 Å². The molecule has 0 heterocycles. The summed E-state index contributed by atoms with van der Waals surface area (Å²) in [5.74, 6) is -0.373. The summed E-state index contributed by atoms with van der Waals surface area (Å²) in [4.78, 5) is 28.1. The maximum Gasteiger partial charge on any atom is 0.325 e. The van der Waals surface area contributed by atoms with Gasteiger partial charge in [-0.2, -0.15) is 0 Å². The Labute approximate surface area is 192 Å². The quantitative estimate of drug-likeness (QED) is 0.406. The summed E-state index contributed by atoms with van der Waals surface area (Å²) in [5.41, 5.74) is 2.92.